The number of amides is 1. The summed E-state index contributed by atoms with van der Waals surface area (Å²) in [6.07, 6.45) is 2.92. The molecule has 5 nitrogen and oxygen atoms in total. The summed E-state index contributed by atoms with van der Waals surface area (Å²) >= 11 is 3.52. The molecule has 6 heteroatoms. The number of ketones is 1. The zero-order valence-electron chi connectivity index (χ0n) is 17.5. The molecule has 2 aliphatic rings. The van der Waals surface area contributed by atoms with E-state index in [1.165, 1.54) is 6.92 Å². The normalized spacial score (nSPS) is 17.0. The van der Waals surface area contributed by atoms with Crippen molar-refractivity contribution in [2.75, 3.05) is 6.54 Å². The minimum Gasteiger partial charge on any atom is -0.490 e. The molecule has 2 aromatic rings. The molecule has 0 unspecified atom stereocenters. The first-order chi connectivity index (χ1) is 14.3. The number of benzene rings is 2. The molecule has 0 atom stereocenters. The summed E-state index contributed by atoms with van der Waals surface area (Å²) in [7, 11) is 0. The van der Waals surface area contributed by atoms with Crippen molar-refractivity contribution in [1.29, 1.82) is 0 Å². The number of ether oxygens (including phenoxy) is 2. The molecule has 158 valence electrons. The molecule has 1 saturated carbocycles. The summed E-state index contributed by atoms with van der Waals surface area (Å²) < 4.78 is 13.1. The van der Waals surface area contributed by atoms with Crippen molar-refractivity contribution < 1.29 is 19.1 Å². The van der Waals surface area contributed by atoms with Crippen molar-refractivity contribution in [3.8, 4) is 11.5 Å². The molecule has 1 heterocycles. The van der Waals surface area contributed by atoms with Crippen LogP contribution in [-0.2, 0) is 6.54 Å². The van der Waals surface area contributed by atoms with Gasteiger partial charge in [0.2, 0.25) is 0 Å². The number of nitrogens with zero attached hydrogens (tertiary/aromatic N) is 1. The summed E-state index contributed by atoms with van der Waals surface area (Å²) in [5.74, 6) is 1.14. The molecular weight excluding hydrogens is 446 g/mol. The van der Waals surface area contributed by atoms with Gasteiger partial charge in [-0.15, -0.1) is 0 Å². The second kappa shape index (κ2) is 8.06. The van der Waals surface area contributed by atoms with Gasteiger partial charge in [0.15, 0.2) is 5.78 Å². The van der Waals surface area contributed by atoms with Gasteiger partial charge in [0.05, 0.1) is 18.2 Å². The van der Waals surface area contributed by atoms with Crippen molar-refractivity contribution in [2.24, 2.45) is 0 Å². The first-order valence-electron chi connectivity index (χ1n) is 10.3. The highest BCUT2D eigenvalue weighted by Gasteiger charge is 2.44. The molecule has 0 saturated heterocycles. The van der Waals surface area contributed by atoms with Crippen LogP contribution in [0.3, 0.4) is 0 Å². The second-order valence-corrected chi connectivity index (χ2v) is 9.40. The zero-order chi connectivity index (χ0) is 21.5. The van der Waals surface area contributed by atoms with Gasteiger partial charge in [0, 0.05) is 22.1 Å². The highest BCUT2D eigenvalue weighted by molar-refractivity contribution is 9.10. The van der Waals surface area contributed by atoms with Gasteiger partial charge in [-0.3, -0.25) is 9.59 Å². The SMILES string of the molecule is CC(=O)c1cc(C(=O)N2Cc3cc(Br)ccc3OC3(CCC3)C2)ccc1OC(C)C. The Kier molecular flexibility index (Phi) is 5.62. The van der Waals surface area contributed by atoms with Crippen LogP contribution in [0.4, 0.5) is 0 Å². The summed E-state index contributed by atoms with van der Waals surface area (Å²) in [4.78, 5) is 27.5. The number of carbonyl (C=O) groups excluding carboxylic acids is 2. The molecule has 1 amide bonds. The maximum absolute atomic E-state index is 13.5. The van der Waals surface area contributed by atoms with Crippen LogP contribution in [0.25, 0.3) is 0 Å². The van der Waals surface area contributed by atoms with E-state index in [1.807, 2.05) is 36.9 Å². The quantitative estimate of drug-likeness (QED) is 0.560. The number of Topliss-reactive ketones (excluding diaryl/α,β-unsaturated/α-hetero) is 1. The molecule has 2 aromatic carbocycles. The Bertz CT molecular complexity index is 997. The third kappa shape index (κ3) is 4.10. The maximum Gasteiger partial charge on any atom is 0.254 e. The van der Waals surface area contributed by atoms with Crippen LogP contribution in [0.15, 0.2) is 40.9 Å². The Morgan fingerprint density at radius 3 is 2.57 bits per heavy atom. The Hall–Kier alpha value is -2.34. The van der Waals surface area contributed by atoms with Gasteiger partial charge >= 0.3 is 0 Å². The molecule has 30 heavy (non-hydrogen) atoms. The van der Waals surface area contributed by atoms with Gasteiger partial charge in [-0.05, 0) is 76.4 Å². The molecule has 1 fully saturated rings. The van der Waals surface area contributed by atoms with E-state index in [0.717, 1.165) is 35.0 Å². The van der Waals surface area contributed by atoms with Gasteiger partial charge in [-0.2, -0.15) is 0 Å². The Morgan fingerprint density at radius 1 is 1.17 bits per heavy atom. The number of carbonyl (C=O) groups is 2. The third-order valence-electron chi connectivity index (χ3n) is 5.71. The predicted octanol–water partition coefficient (Wildman–Crippen LogP) is 5.40. The number of hydrogen-bond donors (Lipinski definition) is 0. The summed E-state index contributed by atoms with van der Waals surface area (Å²) in [6, 6.07) is 11.1. The topological polar surface area (TPSA) is 55.8 Å². The van der Waals surface area contributed by atoms with Gasteiger partial charge in [-0.25, -0.2) is 0 Å². The van der Waals surface area contributed by atoms with Gasteiger partial charge in [-0.1, -0.05) is 15.9 Å². The van der Waals surface area contributed by atoms with Crippen LogP contribution in [-0.4, -0.2) is 34.8 Å². The van der Waals surface area contributed by atoms with Crippen LogP contribution in [0.2, 0.25) is 0 Å². The summed E-state index contributed by atoms with van der Waals surface area (Å²) in [5, 5.41) is 0. The molecule has 4 rings (SSSR count). The fourth-order valence-corrected chi connectivity index (χ4v) is 4.51. The van der Waals surface area contributed by atoms with Crippen molar-refractivity contribution in [3.05, 3.63) is 57.6 Å². The Balaban J connectivity index is 1.68. The van der Waals surface area contributed by atoms with E-state index in [1.54, 1.807) is 18.2 Å². The largest absolute Gasteiger partial charge is 0.490 e. The number of rotatable bonds is 4. The zero-order valence-corrected chi connectivity index (χ0v) is 19.1. The van der Waals surface area contributed by atoms with Gasteiger partial charge in [0.25, 0.3) is 5.91 Å². The highest BCUT2D eigenvalue weighted by atomic mass is 79.9. The molecule has 0 radical (unpaired) electrons. The number of hydrogen-bond acceptors (Lipinski definition) is 4. The van der Waals surface area contributed by atoms with E-state index in [0.29, 0.717) is 30.0 Å². The van der Waals surface area contributed by atoms with E-state index < -0.39 is 0 Å². The lowest BCUT2D eigenvalue weighted by Crippen LogP contribution is -2.52. The average molecular weight is 472 g/mol. The van der Waals surface area contributed by atoms with E-state index in [4.69, 9.17) is 9.47 Å². The lowest BCUT2D eigenvalue weighted by Gasteiger charge is -2.43. The lowest BCUT2D eigenvalue weighted by molar-refractivity contribution is -0.0247. The lowest BCUT2D eigenvalue weighted by atomic mass is 9.79. The average Bonchev–Trinajstić information content (AvgIpc) is 2.84. The van der Waals surface area contributed by atoms with Gasteiger partial charge < -0.3 is 14.4 Å². The molecular formula is C24H26BrNO4. The predicted molar refractivity (Wildman–Crippen MR) is 118 cm³/mol. The van der Waals surface area contributed by atoms with E-state index in [9.17, 15) is 9.59 Å². The highest BCUT2D eigenvalue weighted by Crippen LogP contribution is 2.42. The fraction of sp³-hybridized carbons (Fsp3) is 0.417. The van der Waals surface area contributed by atoms with Gasteiger partial charge in [0.1, 0.15) is 17.1 Å². The molecule has 0 aromatic heterocycles. The Morgan fingerprint density at radius 2 is 1.93 bits per heavy atom. The van der Waals surface area contributed by atoms with Crippen molar-refractivity contribution in [3.63, 3.8) is 0 Å². The monoisotopic (exact) mass is 471 g/mol. The number of halogens is 1. The third-order valence-corrected chi connectivity index (χ3v) is 6.20. The van der Waals surface area contributed by atoms with Crippen LogP contribution >= 0.6 is 15.9 Å². The van der Waals surface area contributed by atoms with Crippen LogP contribution < -0.4 is 9.47 Å². The molecule has 0 N–H and O–H groups in total. The van der Waals surface area contributed by atoms with E-state index in [2.05, 4.69) is 15.9 Å². The van der Waals surface area contributed by atoms with Crippen LogP contribution in [0.1, 0.15) is 66.3 Å². The van der Waals surface area contributed by atoms with Crippen LogP contribution in [0.5, 0.6) is 11.5 Å². The second-order valence-electron chi connectivity index (χ2n) is 8.49. The number of fused-ring (bicyclic) bond motifs is 1. The molecule has 1 spiro atoms. The molecule has 1 aliphatic carbocycles. The minimum absolute atomic E-state index is 0.0548. The fourth-order valence-electron chi connectivity index (χ4n) is 4.10. The van der Waals surface area contributed by atoms with E-state index >= 15 is 0 Å². The summed E-state index contributed by atoms with van der Waals surface area (Å²) in [6.45, 7) is 6.32. The van der Waals surface area contributed by atoms with E-state index in [-0.39, 0.29) is 23.4 Å². The summed E-state index contributed by atoms with van der Waals surface area (Å²) in [5.41, 5.74) is 1.58. The standard InChI is InChI=1S/C24H26BrNO4/c1-15(2)29-22-7-5-17(12-20(22)16(3)27)23(28)26-13-18-11-19(25)6-8-21(18)30-24(14-26)9-4-10-24/h5-8,11-12,15H,4,9-10,13-14H2,1-3H3. The Labute approximate surface area is 185 Å². The van der Waals surface area contributed by atoms with Crippen molar-refractivity contribution in [1.82, 2.24) is 4.90 Å². The minimum atomic E-state index is -0.321. The maximum atomic E-state index is 13.5. The van der Waals surface area contributed by atoms with Crippen molar-refractivity contribution >= 4 is 27.6 Å². The van der Waals surface area contributed by atoms with Crippen LogP contribution in [0, 0.1) is 0 Å². The van der Waals surface area contributed by atoms with Crippen molar-refractivity contribution in [2.45, 2.75) is 58.3 Å². The smallest absolute Gasteiger partial charge is 0.254 e. The first-order valence-corrected chi connectivity index (χ1v) is 11.1. The first kappa shape index (κ1) is 20.9. The molecule has 0 bridgehead atoms. The molecule has 1 aliphatic heterocycles.